The molecule has 0 aromatic rings. The molecule has 0 fully saturated rings. The van der Waals surface area contributed by atoms with E-state index in [-0.39, 0.29) is 17.6 Å². The number of rotatable bonds is 6. The van der Waals surface area contributed by atoms with Gasteiger partial charge >= 0.3 is 0 Å². The van der Waals surface area contributed by atoms with Crippen LogP contribution in [0.4, 0.5) is 0 Å². The van der Waals surface area contributed by atoms with Crippen LogP contribution >= 0.6 is 0 Å². The lowest BCUT2D eigenvalue weighted by atomic mass is 9.93. The van der Waals surface area contributed by atoms with Crippen molar-refractivity contribution < 1.29 is 4.58 Å². The number of allylic oxidation sites excluding steroid dienone is 5. The highest BCUT2D eigenvalue weighted by Gasteiger charge is 2.39. The van der Waals surface area contributed by atoms with Crippen LogP contribution in [0.3, 0.4) is 0 Å². The van der Waals surface area contributed by atoms with Gasteiger partial charge in [0.25, 0.3) is 5.84 Å². The molecule has 6 nitrogen and oxygen atoms in total. The van der Waals surface area contributed by atoms with E-state index in [0.29, 0.717) is 5.57 Å². The second kappa shape index (κ2) is 10.7. The Bertz CT molecular complexity index is 970. The van der Waals surface area contributed by atoms with Gasteiger partial charge in [0.05, 0.1) is 30.1 Å². The molecular formula is C25H35N6+. The minimum Gasteiger partial charge on any atom is -0.346 e. The molecule has 0 aromatic heterocycles. The third-order valence-corrected chi connectivity index (χ3v) is 5.85. The normalized spacial score (nSPS) is 23.2. The summed E-state index contributed by atoms with van der Waals surface area (Å²) in [7, 11) is 4.01. The second-order valence-electron chi connectivity index (χ2n) is 8.05. The van der Waals surface area contributed by atoms with Gasteiger partial charge in [0.1, 0.15) is 5.70 Å². The van der Waals surface area contributed by atoms with Crippen LogP contribution in [-0.2, 0) is 0 Å². The van der Waals surface area contributed by atoms with Gasteiger partial charge in [-0.15, -0.1) is 0 Å². The maximum absolute atomic E-state index is 9.51. The fourth-order valence-corrected chi connectivity index (χ4v) is 3.61. The van der Waals surface area contributed by atoms with Gasteiger partial charge in [-0.2, -0.15) is 5.26 Å². The van der Waals surface area contributed by atoms with Crippen molar-refractivity contribution in [2.24, 2.45) is 5.92 Å². The summed E-state index contributed by atoms with van der Waals surface area (Å²) in [6, 6.07) is 5.15. The fraction of sp³-hybridized carbons (Fsp3) is 0.440. The third kappa shape index (κ3) is 5.48. The Balaban J connectivity index is 2.62. The molecule has 2 aliphatic rings. The van der Waals surface area contributed by atoms with Crippen LogP contribution in [0.2, 0.25) is 0 Å². The summed E-state index contributed by atoms with van der Waals surface area (Å²) in [5.74, 6) is 4.21. The standard InChI is InChI=1S/C25H34N6/c1-8-18(16-26)15-22(25(4,5)27-6)30-24-20(9-2)21(10-3)29-23(31(24)7)19-13-11-12-14-28-17-19/h8,10-11,13,15,17,20,23,27-29H,9H2,1-7H3/p+1. The molecule has 0 radical (unpaired) electrons. The quantitative estimate of drug-likeness (QED) is 0.231. The van der Waals surface area contributed by atoms with Crippen LogP contribution in [0.1, 0.15) is 41.0 Å². The average Bonchev–Trinajstić information content (AvgIpc) is 3.06. The first-order valence-electron chi connectivity index (χ1n) is 10.7. The molecule has 4 N–H and O–H groups in total. The molecule has 31 heavy (non-hydrogen) atoms. The van der Waals surface area contributed by atoms with Crippen molar-refractivity contribution in [2.75, 3.05) is 14.1 Å². The van der Waals surface area contributed by atoms with Crippen molar-refractivity contribution in [3.63, 3.8) is 0 Å². The molecule has 0 aliphatic carbocycles. The molecule has 6 heteroatoms. The van der Waals surface area contributed by atoms with E-state index in [9.17, 15) is 5.26 Å². The molecular weight excluding hydrogens is 384 g/mol. The fourth-order valence-electron chi connectivity index (χ4n) is 3.61. The number of hydrogen-bond donors (Lipinski definition) is 4. The predicted octanol–water partition coefficient (Wildman–Crippen LogP) is 2.83. The summed E-state index contributed by atoms with van der Waals surface area (Å²) in [6.45, 7) is 10.3. The van der Waals surface area contributed by atoms with Gasteiger partial charge in [-0.1, -0.05) is 25.0 Å². The molecule has 2 atom stereocenters. The van der Waals surface area contributed by atoms with E-state index >= 15 is 0 Å². The number of nitriles is 1. The zero-order valence-corrected chi connectivity index (χ0v) is 19.7. The van der Waals surface area contributed by atoms with Crippen LogP contribution in [0.15, 0.2) is 59.1 Å². The summed E-state index contributed by atoms with van der Waals surface area (Å²) >= 11 is 0. The Kier molecular flexibility index (Phi) is 8.30. The molecule has 0 spiro atoms. The molecule has 0 saturated carbocycles. The lowest BCUT2D eigenvalue weighted by molar-refractivity contribution is -0.540. The molecule has 2 unspecified atom stereocenters. The molecule has 0 saturated heterocycles. The summed E-state index contributed by atoms with van der Waals surface area (Å²) < 4.78 is 2.23. The highest BCUT2D eigenvalue weighted by molar-refractivity contribution is 5.85. The molecule has 2 heterocycles. The number of likely N-dealkylation sites (N-methyl/N-ethyl adjacent to an activating group) is 2. The van der Waals surface area contributed by atoms with Crippen LogP contribution in [0, 0.1) is 29.2 Å². The Morgan fingerprint density at radius 2 is 2.13 bits per heavy atom. The summed E-state index contributed by atoms with van der Waals surface area (Å²) in [5, 5.41) is 23.3. The van der Waals surface area contributed by atoms with Crippen molar-refractivity contribution in [2.45, 2.75) is 52.7 Å². The molecule has 2 rings (SSSR count). The molecule has 0 aromatic carbocycles. The number of nitrogens with zero attached hydrogens (tertiary/aromatic N) is 2. The van der Waals surface area contributed by atoms with Gasteiger partial charge in [-0.05, 0) is 59.4 Å². The number of hydrogen-bond acceptors (Lipinski definition) is 5. The van der Waals surface area contributed by atoms with Crippen LogP contribution in [0.5, 0.6) is 0 Å². The molecule has 0 amide bonds. The van der Waals surface area contributed by atoms with E-state index in [4.69, 9.17) is 0 Å². The van der Waals surface area contributed by atoms with Crippen molar-refractivity contribution in [1.29, 1.82) is 5.26 Å². The Morgan fingerprint density at radius 3 is 2.71 bits per heavy atom. The van der Waals surface area contributed by atoms with E-state index in [1.165, 1.54) is 5.70 Å². The smallest absolute Gasteiger partial charge is 0.260 e. The number of nitrogens with one attached hydrogen (secondary N) is 4. The largest absolute Gasteiger partial charge is 0.346 e. The van der Waals surface area contributed by atoms with E-state index in [0.717, 1.165) is 23.5 Å². The Morgan fingerprint density at radius 1 is 1.39 bits per heavy atom. The maximum atomic E-state index is 9.51. The average molecular weight is 420 g/mol. The van der Waals surface area contributed by atoms with Crippen molar-refractivity contribution >= 4 is 5.84 Å². The lowest BCUT2D eigenvalue weighted by Gasteiger charge is -2.35. The highest BCUT2D eigenvalue weighted by atomic mass is 15.3. The van der Waals surface area contributed by atoms with E-state index in [1.807, 2.05) is 44.5 Å². The van der Waals surface area contributed by atoms with Crippen molar-refractivity contribution in [3.8, 4) is 18.0 Å². The van der Waals surface area contributed by atoms with Crippen molar-refractivity contribution in [3.05, 3.63) is 59.1 Å². The first-order chi connectivity index (χ1) is 14.8. The zero-order chi connectivity index (χ0) is 23.0. The predicted molar refractivity (Wildman–Crippen MR) is 128 cm³/mol. The van der Waals surface area contributed by atoms with Gasteiger partial charge in [0.2, 0.25) is 0 Å². The second-order valence-corrected chi connectivity index (χ2v) is 8.05. The molecule has 2 aliphatic heterocycles. The van der Waals surface area contributed by atoms with Crippen molar-refractivity contribution in [1.82, 2.24) is 21.3 Å². The van der Waals surface area contributed by atoms with Gasteiger partial charge < -0.3 is 16.0 Å². The first-order valence-corrected chi connectivity index (χ1v) is 10.7. The minimum absolute atomic E-state index is 0.0712. The lowest BCUT2D eigenvalue weighted by Crippen LogP contribution is -2.56. The van der Waals surface area contributed by atoms with E-state index in [1.54, 1.807) is 0 Å². The Hall–Kier alpha value is -3.22. The SMILES string of the molecule is CC=C(C#N)C=C(NC1=[N+](C)C(C2=CNC#CC=C2)NC(=CC)C1CC)C(C)(C)NC. The van der Waals surface area contributed by atoms with Gasteiger partial charge in [-0.25, -0.2) is 9.89 Å². The first kappa shape index (κ1) is 24.1. The van der Waals surface area contributed by atoms with E-state index < -0.39 is 0 Å². The topological polar surface area (TPSA) is 74.9 Å². The Labute approximate surface area is 187 Å². The highest BCUT2D eigenvalue weighted by Crippen LogP contribution is 2.25. The van der Waals surface area contributed by atoms with Crippen LogP contribution in [0.25, 0.3) is 0 Å². The third-order valence-electron chi connectivity index (χ3n) is 5.85. The van der Waals surface area contributed by atoms with Crippen LogP contribution in [-0.4, -0.2) is 36.2 Å². The minimum atomic E-state index is -0.357. The molecule has 0 bridgehead atoms. The van der Waals surface area contributed by atoms with E-state index in [2.05, 4.69) is 84.7 Å². The summed E-state index contributed by atoms with van der Waals surface area (Å²) in [5.41, 5.74) is 3.44. The monoisotopic (exact) mass is 419 g/mol. The van der Waals surface area contributed by atoms with Gasteiger partial charge in [0, 0.05) is 23.5 Å². The maximum Gasteiger partial charge on any atom is 0.260 e. The van der Waals surface area contributed by atoms with Gasteiger partial charge in [-0.3, -0.25) is 0 Å². The zero-order valence-electron chi connectivity index (χ0n) is 19.7. The van der Waals surface area contributed by atoms with Gasteiger partial charge in [0.15, 0.2) is 6.17 Å². The summed E-state index contributed by atoms with van der Waals surface area (Å²) in [6.07, 6.45) is 12.6. The molecule has 164 valence electrons. The summed E-state index contributed by atoms with van der Waals surface area (Å²) in [4.78, 5) is 0. The van der Waals surface area contributed by atoms with Crippen LogP contribution < -0.4 is 21.3 Å². The number of amidine groups is 1.